The van der Waals surface area contributed by atoms with Gasteiger partial charge in [0, 0.05) is 24.0 Å². The molecule has 3 aromatic rings. The van der Waals surface area contributed by atoms with Gasteiger partial charge in [-0.3, -0.25) is 4.79 Å². The van der Waals surface area contributed by atoms with Gasteiger partial charge < -0.3 is 10.2 Å². The number of hydrogen-bond donors (Lipinski definition) is 1. The highest BCUT2D eigenvalue weighted by molar-refractivity contribution is 7.13. The number of carbonyl (C=O) groups excluding carboxylic acids is 1. The van der Waals surface area contributed by atoms with Crippen LogP contribution >= 0.6 is 11.3 Å². The van der Waals surface area contributed by atoms with Crippen LogP contribution in [0.2, 0.25) is 0 Å². The largest absolute Gasteiger partial charge is 0.348 e. The third kappa shape index (κ3) is 3.85. The summed E-state index contributed by atoms with van der Waals surface area (Å²) in [6.45, 7) is 5.68. The number of anilines is 1. The molecule has 0 aliphatic carbocycles. The van der Waals surface area contributed by atoms with Crippen LogP contribution in [0, 0.1) is 13.8 Å². The van der Waals surface area contributed by atoms with E-state index >= 15 is 0 Å². The Morgan fingerprint density at radius 1 is 1.11 bits per heavy atom. The van der Waals surface area contributed by atoms with Crippen LogP contribution in [0.1, 0.15) is 33.0 Å². The zero-order valence-corrected chi connectivity index (χ0v) is 16.2. The van der Waals surface area contributed by atoms with Crippen LogP contribution in [-0.2, 0) is 0 Å². The third-order valence-electron chi connectivity index (χ3n) is 4.81. The lowest BCUT2D eigenvalue weighted by Gasteiger charge is -2.32. The van der Waals surface area contributed by atoms with E-state index in [1.54, 1.807) is 4.68 Å². The van der Waals surface area contributed by atoms with Gasteiger partial charge in [-0.15, -0.1) is 11.3 Å². The summed E-state index contributed by atoms with van der Waals surface area (Å²) in [7, 11) is 0. The third-order valence-corrected chi connectivity index (χ3v) is 5.81. The summed E-state index contributed by atoms with van der Waals surface area (Å²) in [5.74, 6) is 0.772. The van der Waals surface area contributed by atoms with Crippen molar-refractivity contribution >= 4 is 23.2 Å². The molecule has 1 saturated heterocycles. The van der Waals surface area contributed by atoms with E-state index in [4.69, 9.17) is 0 Å². The molecule has 2 aromatic heterocycles. The average Bonchev–Trinajstić information content (AvgIpc) is 3.32. The molecule has 1 amide bonds. The van der Waals surface area contributed by atoms with Gasteiger partial charge in [-0.25, -0.2) is 0 Å². The smallest absolute Gasteiger partial charge is 0.261 e. The van der Waals surface area contributed by atoms with E-state index in [2.05, 4.69) is 44.8 Å². The fourth-order valence-corrected chi connectivity index (χ4v) is 4.04. The van der Waals surface area contributed by atoms with E-state index in [0.717, 1.165) is 47.3 Å². The molecule has 140 valence electrons. The van der Waals surface area contributed by atoms with Gasteiger partial charge in [-0.2, -0.15) is 4.68 Å². The summed E-state index contributed by atoms with van der Waals surface area (Å²) >= 11 is 1.53. The van der Waals surface area contributed by atoms with Crippen LogP contribution in [0.3, 0.4) is 0 Å². The van der Waals surface area contributed by atoms with Crippen molar-refractivity contribution < 1.29 is 4.79 Å². The lowest BCUT2D eigenvalue weighted by Crippen LogP contribution is -2.45. The van der Waals surface area contributed by atoms with Gasteiger partial charge in [0.1, 0.15) is 0 Å². The molecule has 1 N–H and O–H groups in total. The summed E-state index contributed by atoms with van der Waals surface area (Å²) in [5.41, 5.74) is 2.15. The summed E-state index contributed by atoms with van der Waals surface area (Å²) in [4.78, 5) is 16.5. The van der Waals surface area contributed by atoms with Crippen LogP contribution in [0.25, 0.3) is 5.69 Å². The maximum absolute atomic E-state index is 12.4. The normalized spacial score (nSPS) is 15.1. The van der Waals surface area contributed by atoms with Crippen LogP contribution < -0.4 is 10.2 Å². The fourth-order valence-electron chi connectivity index (χ4n) is 3.27. The first kappa shape index (κ1) is 17.7. The minimum absolute atomic E-state index is 0.0241. The molecule has 7 nitrogen and oxygen atoms in total. The van der Waals surface area contributed by atoms with Crippen molar-refractivity contribution in [3.8, 4) is 5.69 Å². The number of tetrazole rings is 1. The number of aryl methyl sites for hydroxylation is 2. The predicted molar refractivity (Wildman–Crippen MR) is 106 cm³/mol. The second-order valence-electron chi connectivity index (χ2n) is 6.87. The van der Waals surface area contributed by atoms with Crippen molar-refractivity contribution in [2.75, 3.05) is 18.0 Å². The quantitative estimate of drug-likeness (QED) is 0.751. The number of carbonyl (C=O) groups is 1. The summed E-state index contributed by atoms with van der Waals surface area (Å²) < 4.78 is 1.77. The number of rotatable bonds is 4. The van der Waals surface area contributed by atoms with Gasteiger partial charge in [-0.1, -0.05) is 22.8 Å². The van der Waals surface area contributed by atoms with Gasteiger partial charge in [0.05, 0.1) is 10.6 Å². The molecule has 1 aliphatic rings. The Balaban J connectivity index is 1.39. The minimum Gasteiger partial charge on any atom is -0.348 e. The Hall–Kier alpha value is -2.74. The number of nitrogens with zero attached hydrogens (tertiary/aromatic N) is 5. The number of piperidine rings is 1. The Morgan fingerprint density at radius 2 is 1.85 bits per heavy atom. The SMILES string of the molecule is Cc1ccc(-n2nnnc2N2CCC(NC(=O)c3ccc(C)s3)CC2)cc1. The highest BCUT2D eigenvalue weighted by Gasteiger charge is 2.25. The highest BCUT2D eigenvalue weighted by Crippen LogP contribution is 2.21. The molecular formula is C19H22N6OS. The van der Waals surface area contributed by atoms with Gasteiger partial charge in [0.15, 0.2) is 0 Å². The molecule has 8 heteroatoms. The van der Waals surface area contributed by atoms with Gasteiger partial charge in [-0.05, 0) is 61.4 Å². The second-order valence-corrected chi connectivity index (χ2v) is 8.16. The maximum atomic E-state index is 12.4. The van der Waals surface area contributed by atoms with E-state index in [9.17, 15) is 4.79 Å². The number of hydrogen-bond acceptors (Lipinski definition) is 6. The van der Waals surface area contributed by atoms with Crippen molar-refractivity contribution in [3.63, 3.8) is 0 Å². The van der Waals surface area contributed by atoms with E-state index in [1.807, 2.05) is 31.2 Å². The lowest BCUT2D eigenvalue weighted by atomic mass is 10.1. The molecular weight excluding hydrogens is 360 g/mol. The zero-order valence-electron chi connectivity index (χ0n) is 15.4. The molecule has 4 rings (SSSR count). The van der Waals surface area contributed by atoms with Gasteiger partial charge >= 0.3 is 0 Å². The molecule has 0 saturated carbocycles. The Kier molecular flexibility index (Phi) is 4.89. The first-order valence-corrected chi connectivity index (χ1v) is 9.89. The van der Waals surface area contributed by atoms with Crippen LogP contribution in [0.5, 0.6) is 0 Å². The number of benzene rings is 1. The lowest BCUT2D eigenvalue weighted by molar-refractivity contribution is 0.0935. The molecule has 0 atom stereocenters. The number of aromatic nitrogens is 4. The van der Waals surface area contributed by atoms with E-state index < -0.39 is 0 Å². The summed E-state index contributed by atoms with van der Waals surface area (Å²) in [6, 6.07) is 12.2. The molecule has 0 unspecified atom stereocenters. The van der Waals surface area contributed by atoms with Crippen molar-refractivity contribution in [1.82, 2.24) is 25.5 Å². The molecule has 27 heavy (non-hydrogen) atoms. The first-order chi connectivity index (χ1) is 13.1. The first-order valence-electron chi connectivity index (χ1n) is 9.08. The van der Waals surface area contributed by atoms with Gasteiger partial charge in [0.25, 0.3) is 5.91 Å². The average molecular weight is 382 g/mol. The van der Waals surface area contributed by atoms with E-state index in [1.165, 1.54) is 16.9 Å². The molecule has 0 bridgehead atoms. The molecule has 1 aromatic carbocycles. The maximum Gasteiger partial charge on any atom is 0.261 e. The summed E-state index contributed by atoms with van der Waals surface area (Å²) in [5, 5.41) is 15.4. The van der Waals surface area contributed by atoms with Crippen molar-refractivity contribution in [1.29, 1.82) is 0 Å². The van der Waals surface area contributed by atoms with Gasteiger partial charge in [0.2, 0.25) is 5.95 Å². The topological polar surface area (TPSA) is 75.9 Å². The number of amides is 1. The van der Waals surface area contributed by atoms with Crippen molar-refractivity contribution in [2.24, 2.45) is 0 Å². The zero-order chi connectivity index (χ0) is 18.8. The fraction of sp³-hybridized carbons (Fsp3) is 0.368. The molecule has 3 heterocycles. The minimum atomic E-state index is 0.0241. The van der Waals surface area contributed by atoms with Crippen LogP contribution in [0.4, 0.5) is 5.95 Å². The molecule has 0 spiro atoms. The van der Waals surface area contributed by atoms with Crippen molar-refractivity contribution in [3.05, 3.63) is 51.7 Å². The summed E-state index contributed by atoms with van der Waals surface area (Å²) in [6.07, 6.45) is 1.74. The van der Waals surface area contributed by atoms with Crippen LogP contribution in [-0.4, -0.2) is 45.2 Å². The standard InChI is InChI=1S/C19H22N6OS/c1-13-3-6-16(7-4-13)25-19(21-22-23-25)24-11-9-15(10-12-24)20-18(26)17-8-5-14(2)27-17/h3-8,15H,9-12H2,1-2H3,(H,20,26). The van der Waals surface area contributed by atoms with Crippen LogP contribution in [0.15, 0.2) is 36.4 Å². The predicted octanol–water partition coefficient (Wildman–Crippen LogP) is 2.74. The van der Waals surface area contributed by atoms with E-state index in [0.29, 0.717) is 0 Å². The molecule has 1 fully saturated rings. The highest BCUT2D eigenvalue weighted by atomic mass is 32.1. The Labute approximate surface area is 162 Å². The van der Waals surface area contributed by atoms with E-state index in [-0.39, 0.29) is 11.9 Å². The Bertz CT molecular complexity index is 924. The molecule has 1 aliphatic heterocycles. The monoisotopic (exact) mass is 382 g/mol. The second kappa shape index (κ2) is 7.48. The number of thiophene rings is 1. The molecule has 0 radical (unpaired) electrons. The van der Waals surface area contributed by atoms with Crippen molar-refractivity contribution in [2.45, 2.75) is 32.7 Å². The number of nitrogens with one attached hydrogen (secondary N) is 1. The Morgan fingerprint density at radius 3 is 2.52 bits per heavy atom.